The van der Waals surface area contributed by atoms with E-state index < -0.39 is 0 Å². The van der Waals surface area contributed by atoms with Crippen molar-refractivity contribution < 1.29 is 5.21 Å². The molecule has 1 aromatic heterocycles. The second-order valence-corrected chi connectivity index (χ2v) is 6.10. The minimum Gasteiger partial charge on any atom is -0.409 e. The third kappa shape index (κ3) is 2.34. The summed E-state index contributed by atoms with van der Waals surface area (Å²) >= 11 is 8.15. The van der Waals surface area contributed by atoms with Crippen LogP contribution in [0.2, 0.25) is 5.02 Å². The molecule has 0 saturated heterocycles. The largest absolute Gasteiger partial charge is 0.409 e. The molecular weight excluding hydrogens is 294 g/mol. The molecule has 3 N–H and O–H groups in total. The average molecular weight is 308 g/mol. The van der Waals surface area contributed by atoms with Crippen LogP contribution in [0.5, 0.6) is 0 Å². The first-order valence-electron chi connectivity index (χ1n) is 6.26. The molecule has 6 heteroatoms. The molecule has 0 atom stereocenters. The lowest BCUT2D eigenvalue weighted by atomic mass is 10.1. The van der Waals surface area contributed by atoms with Gasteiger partial charge in [-0.1, -0.05) is 16.8 Å². The molecular formula is C14H14ClN3OS. The highest BCUT2D eigenvalue weighted by molar-refractivity contribution is 7.10. The number of amidine groups is 1. The fraction of sp³-hybridized carbons (Fsp3) is 0.214. The van der Waals surface area contributed by atoms with E-state index in [2.05, 4.69) is 21.5 Å². The standard InChI is InChI=1S/C14H14ClN3OS/c15-11-7-9(14(16)17-19)1-2-12(11)18-5-3-13-10(8-18)4-6-20-13/h1-2,4,6-7,19H,3,5,8H2,(H2,16,17). The Morgan fingerprint density at radius 3 is 3.00 bits per heavy atom. The lowest BCUT2D eigenvalue weighted by Crippen LogP contribution is -2.29. The minimum atomic E-state index is 0.0669. The van der Waals surface area contributed by atoms with E-state index in [1.807, 2.05) is 23.5 Å². The highest BCUT2D eigenvalue weighted by atomic mass is 35.5. The van der Waals surface area contributed by atoms with E-state index in [0.29, 0.717) is 10.6 Å². The van der Waals surface area contributed by atoms with Crippen molar-refractivity contribution in [2.45, 2.75) is 13.0 Å². The number of oxime groups is 1. The van der Waals surface area contributed by atoms with Gasteiger partial charge in [0.2, 0.25) is 0 Å². The molecule has 0 saturated carbocycles. The molecule has 0 radical (unpaired) electrons. The Balaban J connectivity index is 1.89. The van der Waals surface area contributed by atoms with E-state index in [0.717, 1.165) is 25.2 Å². The highest BCUT2D eigenvalue weighted by Crippen LogP contribution is 2.32. The van der Waals surface area contributed by atoms with Crippen LogP contribution in [0.1, 0.15) is 16.0 Å². The van der Waals surface area contributed by atoms with Crippen molar-refractivity contribution in [1.82, 2.24) is 0 Å². The first kappa shape index (κ1) is 13.3. The first-order chi connectivity index (χ1) is 9.69. The molecule has 20 heavy (non-hydrogen) atoms. The lowest BCUT2D eigenvalue weighted by Gasteiger charge is -2.29. The summed E-state index contributed by atoms with van der Waals surface area (Å²) in [7, 11) is 0. The minimum absolute atomic E-state index is 0.0669. The quantitative estimate of drug-likeness (QED) is 0.388. The SMILES string of the molecule is NC(=NO)c1ccc(N2CCc3sccc3C2)c(Cl)c1. The molecule has 104 valence electrons. The Hall–Kier alpha value is -1.72. The number of nitrogens with two attached hydrogens (primary N) is 1. The van der Waals surface area contributed by atoms with Crippen LogP contribution in [0.3, 0.4) is 0 Å². The molecule has 2 heterocycles. The number of rotatable bonds is 2. The summed E-state index contributed by atoms with van der Waals surface area (Å²) < 4.78 is 0. The molecule has 0 aliphatic carbocycles. The van der Waals surface area contributed by atoms with Crippen LogP contribution >= 0.6 is 22.9 Å². The molecule has 4 nitrogen and oxygen atoms in total. The number of nitrogens with zero attached hydrogens (tertiary/aromatic N) is 2. The second kappa shape index (κ2) is 5.34. The highest BCUT2D eigenvalue weighted by Gasteiger charge is 2.19. The molecule has 0 amide bonds. The fourth-order valence-electron chi connectivity index (χ4n) is 2.43. The maximum atomic E-state index is 8.69. The predicted octanol–water partition coefficient (Wildman–Crippen LogP) is 3.06. The van der Waals surface area contributed by atoms with Gasteiger partial charge in [0.25, 0.3) is 0 Å². The summed E-state index contributed by atoms with van der Waals surface area (Å²) in [6, 6.07) is 7.65. The molecule has 1 aliphatic rings. The zero-order valence-electron chi connectivity index (χ0n) is 10.7. The summed E-state index contributed by atoms with van der Waals surface area (Å²) in [6.45, 7) is 1.83. The molecule has 0 unspecified atom stereocenters. The van der Waals surface area contributed by atoms with E-state index in [9.17, 15) is 0 Å². The van der Waals surface area contributed by atoms with Gasteiger partial charge < -0.3 is 15.8 Å². The number of thiophene rings is 1. The Morgan fingerprint density at radius 1 is 1.40 bits per heavy atom. The van der Waals surface area contributed by atoms with Gasteiger partial charge in [0.05, 0.1) is 10.7 Å². The number of halogens is 1. The van der Waals surface area contributed by atoms with Gasteiger partial charge in [-0.25, -0.2) is 0 Å². The van der Waals surface area contributed by atoms with Crippen molar-refractivity contribution in [3.63, 3.8) is 0 Å². The van der Waals surface area contributed by atoms with Crippen molar-refractivity contribution in [3.8, 4) is 0 Å². The Morgan fingerprint density at radius 2 is 2.25 bits per heavy atom. The summed E-state index contributed by atoms with van der Waals surface area (Å²) in [5, 5.41) is 14.4. The van der Waals surface area contributed by atoms with Crippen molar-refractivity contribution in [2.75, 3.05) is 11.4 Å². The smallest absolute Gasteiger partial charge is 0.170 e. The third-order valence-corrected chi connectivity index (χ3v) is 4.83. The summed E-state index contributed by atoms with van der Waals surface area (Å²) in [6.07, 6.45) is 1.05. The Labute approximate surface area is 126 Å². The van der Waals surface area contributed by atoms with Gasteiger partial charge in [-0.3, -0.25) is 0 Å². The van der Waals surface area contributed by atoms with E-state index >= 15 is 0 Å². The maximum Gasteiger partial charge on any atom is 0.170 e. The van der Waals surface area contributed by atoms with Gasteiger partial charge in [-0.05, 0) is 41.6 Å². The summed E-state index contributed by atoms with van der Waals surface area (Å²) in [5.74, 6) is 0.0669. The zero-order chi connectivity index (χ0) is 14.1. The number of hydrogen-bond acceptors (Lipinski definition) is 4. The lowest BCUT2D eigenvalue weighted by molar-refractivity contribution is 0.318. The van der Waals surface area contributed by atoms with Crippen LogP contribution in [0, 0.1) is 0 Å². The monoisotopic (exact) mass is 307 g/mol. The van der Waals surface area contributed by atoms with Crippen molar-refractivity contribution >= 4 is 34.5 Å². The normalized spacial score (nSPS) is 15.2. The molecule has 0 spiro atoms. The fourth-order valence-corrected chi connectivity index (χ4v) is 3.62. The zero-order valence-corrected chi connectivity index (χ0v) is 12.3. The topological polar surface area (TPSA) is 61.9 Å². The van der Waals surface area contributed by atoms with Crippen LogP contribution in [0.4, 0.5) is 5.69 Å². The van der Waals surface area contributed by atoms with E-state index in [1.54, 1.807) is 6.07 Å². The van der Waals surface area contributed by atoms with Crippen LogP contribution in [-0.4, -0.2) is 17.6 Å². The molecule has 1 aromatic carbocycles. The third-order valence-electron chi connectivity index (χ3n) is 3.50. The Bertz CT molecular complexity index is 668. The molecule has 2 aromatic rings. The van der Waals surface area contributed by atoms with Crippen LogP contribution in [-0.2, 0) is 13.0 Å². The average Bonchev–Trinajstić information content (AvgIpc) is 2.93. The van der Waals surface area contributed by atoms with Crippen molar-refractivity contribution in [3.05, 3.63) is 50.7 Å². The van der Waals surface area contributed by atoms with Gasteiger partial charge in [0, 0.05) is 23.5 Å². The maximum absolute atomic E-state index is 8.69. The predicted molar refractivity (Wildman–Crippen MR) is 83.0 cm³/mol. The van der Waals surface area contributed by atoms with Crippen LogP contribution in [0.15, 0.2) is 34.8 Å². The van der Waals surface area contributed by atoms with E-state index in [1.165, 1.54) is 10.4 Å². The number of anilines is 1. The summed E-state index contributed by atoms with van der Waals surface area (Å²) in [5.41, 5.74) is 8.55. The second-order valence-electron chi connectivity index (χ2n) is 4.69. The number of fused-ring (bicyclic) bond motifs is 1. The molecule has 1 aliphatic heterocycles. The Kier molecular flexibility index (Phi) is 3.54. The van der Waals surface area contributed by atoms with Gasteiger partial charge in [-0.15, -0.1) is 11.3 Å². The number of benzene rings is 1. The first-order valence-corrected chi connectivity index (χ1v) is 7.52. The molecule has 0 bridgehead atoms. The van der Waals surface area contributed by atoms with Gasteiger partial charge in [0.15, 0.2) is 5.84 Å². The van der Waals surface area contributed by atoms with E-state index in [-0.39, 0.29) is 5.84 Å². The molecule has 3 rings (SSSR count). The number of hydrogen-bond donors (Lipinski definition) is 2. The van der Waals surface area contributed by atoms with Gasteiger partial charge in [0.1, 0.15) is 0 Å². The van der Waals surface area contributed by atoms with Crippen molar-refractivity contribution in [1.29, 1.82) is 0 Å². The van der Waals surface area contributed by atoms with Crippen molar-refractivity contribution in [2.24, 2.45) is 10.9 Å². The molecule has 0 fully saturated rings. The van der Waals surface area contributed by atoms with Gasteiger partial charge >= 0.3 is 0 Å². The van der Waals surface area contributed by atoms with Crippen LogP contribution < -0.4 is 10.6 Å². The van der Waals surface area contributed by atoms with Crippen LogP contribution in [0.25, 0.3) is 0 Å². The van der Waals surface area contributed by atoms with Gasteiger partial charge in [-0.2, -0.15) is 0 Å². The van der Waals surface area contributed by atoms with E-state index in [4.69, 9.17) is 22.5 Å². The summed E-state index contributed by atoms with van der Waals surface area (Å²) in [4.78, 5) is 3.72.